The number of allylic oxidation sites excluding steroid dienone is 2. The molecule has 0 aliphatic heterocycles. The fraction of sp³-hybridized carbons (Fsp3) is 0.727. The molecule has 0 saturated heterocycles. The van der Waals surface area contributed by atoms with Crippen LogP contribution in [0, 0.1) is 5.92 Å². The summed E-state index contributed by atoms with van der Waals surface area (Å²) in [6, 6.07) is 0. The molecule has 0 aromatic rings. The van der Waals surface area contributed by atoms with E-state index >= 15 is 0 Å². The summed E-state index contributed by atoms with van der Waals surface area (Å²) in [4.78, 5) is 0. The summed E-state index contributed by atoms with van der Waals surface area (Å²) in [5.41, 5.74) is 1.46. The van der Waals surface area contributed by atoms with E-state index in [1.165, 1.54) is 44.1 Å². The quantitative estimate of drug-likeness (QED) is 0.525. The van der Waals surface area contributed by atoms with Crippen molar-refractivity contribution in [2.24, 2.45) is 0 Å². The lowest BCUT2D eigenvalue weighted by molar-refractivity contribution is 0.523. The van der Waals surface area contributed by atoms with Gasteiger partial charge in [-0.15, -0.1) is 0 Å². The minimum absolute atomic E-state index is 1.25. The molecule has 1 rings (SSSR count). The van der Waals surface area contributed by atoms with Gasteiger partial charge in [0.1, 0.15) is 0 Å². The van der Waals surface area contributed by atoms with Crippen LogP contribution in [0.15, 0.2) is 11.6 Å². The predicted molar refractivity (Wildman–Crippen MR) is 50.4 cm³/mol. The monoisotopic (exact) mass is 151 g/mol. The van der Waals surface area contributed by atoms with Crippen molar-refractivity contribution in [3.05, 3.63) is 17.6 Å². The molecular weight excluding hydrogens is 132 g/mol. The van der Waals surface area contributed by atoms with Gasteiger partial charge in [-0.25, -0.2) is 0 Å². The molecule has 0 spiro atoms. The molecule has 1 radical (unpaired) electrons. The molecule has 1 aliphatic rings. The Hall–Kier alpha value is -0.260. The molecule has 1 fully saturated rings. The van der Waals surface area contributed by atoms with Crippen molar-refractivity contribution >= 4 is 0 Å². The van der Waals surface area contributed by atoms with Crippen LogP contribution >= 0.6 is 0 Å². The second-order valence-corrected chi connectivity index (χ2v) is 3.80. The minimum atomic E-state index is 1.25. The second kappa shape index (κ2) is 4.58. The lowest BCUT2D eigenvalue weighted by Crippen LogP contribution is -2.02. The van der Waals surface area contributed by atoms with Gasteiger partial charge in [0.05, 0.1) is 0 Å². The first-order valence-corrected chi connectivity index (χ1v) is 4.76. The molecule has 0 nitrogen and oxygen atoms in total. The van der Waals surface area contributed by atoms with Gasteiger partial charge >= 0.3 is 0 Å². The van der Waals surface area contributed by atoms with E-state index in [4.69, 9.17) is 0 Å². The Morgan fingerprint density at radius 2 is 1.82 bits per heavy atom. The average molecular weight is 151 g/mol. The third-order valence-electron chi connectivity index (χ3n) is 2.36. The topological polar surface area (TPSA) is 0 Å². The van der Waals surface area contributed by atoms with Crippen LogP contribution in [0.1, 0.15) is 52.4 Å². The van der Waals surface area contributed by atoms with Crippen LogP contribution < -0.4 is 0 Å². The summed E-state index contributed by atoms with van der Waals surface area (Å²) in [7, 11) is 0. The lowest BCUT2D eigenvalue weighted by atomic mass is 9.87. The van der Waals surface area contributed by atoms with E-state index in [0.717, 1.165) is 0 Å². The van der Waals surface area contributed by atoms with Crippen molar-refractivity contribution < 1.29 is 0 Å². The zero-order chi connectivity index (χ0) is 8.10. The maximum atomic E-state index is 2.36. The minimum Gasteiger partial charge on any atom is -0.0853 e. The molecule has 0 heterocycles. The summed E-state index contributed by atoms with van der Waals surface area (Å²) in [6.45, 7) is 4.37. The molecule has 1 saturated carbocycles. The highest BCUT2D eigenvalue weighted by molar-refractivity contribution is 5.03. The Morgan fingerprint density at radius 1 is 1.18 bits per heavy atom. The molecule has 0 aromatic heterocycles. The average Bonchev–Trinajstić information content (AvgIpc) is 2.03. The van der Waals surface area contributed by atoms with Gasteiger partial charge in [-0.3, -0.25) is 0 Å². The first kappa shape index (κ1) is 8.83. The standard InChI is InChI=1S/C11H19/c1-10(2)8-9-11-6-4-3-5-7-11/h8H,3-7,9H2,1-2H3. The fourth-order valence-corrected chi connectivity index (χ4v) is 1.60. The normalized spacial score (nSPS) is 19.8. The van der Waals surface area contributed by atoms with E-state index < -0.39 is 0 Å². The Bertz CT molecular complexity index is 123. The van der Waals surface area contributed by atoms with E-state index in [9.17, 15) is 0 Å². The first-order chi connectivity index (χ1) is 5.29. The van der Waals surface area contributed by atoms with Crippen molar-refractivity contribution in [2.75, 3.05) is 0 Å². The molecule has 1 aliphatic carbocycles. The van der Waals surface area contributed by atoms with Gasteiger partial charge in [0.2, 0.25) is 0 Å². The van der Waals surface area contributed by atoms with Crippen LogP contribution in [0.4, 0.5) is 0 Å². The van der Waals surface area contributed by atoms with E-state index in [0.29, 0.717) is 0 Å². The molecule has 63 valence electrons. The van der Waals surface area contributed by atoms with Crippen molar-refractivity contribution in [1.29, 1.82) is 0 Å². The van der Waals surface area contributed by atoms with Crippen molar-refractivity contribution in [3.63, 3.8) is 0 Å². The number of hydrogen-bond donors (Lipinski definition) is 0. The highest BCUT2D eigenvalue weighted by Crippen LogP contribution is 2.28. The van der Waals surface area contributed by atoms with Crippen LogP contribution in [0.3, 0.4) is 0 Å². The highest BCUT2D eigenvalue weighted by atomic mass is 14.2. The first-order valence-electron chi connectivity index (χ1n) is 4.76. The van der Waals surface area contributed by atoms with Gasteiger partial charge in [0.25, 0.3) is 0 Å². The lowest BCUT2D eigenvalue weighted by Gasteiger charge is -2.19. The summed E-state index contributed by atoms with van der Waals surface area (Å²) < 4.78 is 0. The molecular formula is C11H19. The summed E-state index contributed by atoms with van der Waals surface area (Å²) in [5.74, 6) is 1.78. The van der Waals surface area contributed by atoms with Crippen LogP contribution in [0.2, 0.25) is 0 Å². The largest absolute Gasteiger partial charge is 0.0853 e. The third kappa shape index (κ3) is 3.60. The summed E-state index contributed by atoms with van der Waals surface area (Å²) in [6.07, 6.45) is 10.7. The van der Waals surface area contributed by atoms with Crippen molar-refractivity contribution in [3.8, 4) is 0 Å². The van der Waals surface area contributed by atoms with Crippen LogP contribution in [0.5, 0.6) is 0 Å². The smallest absolute Gasteiger partial charge is 0.0203 e. The van der Waals surface area contributed by atoms with Crippen molar-refractivity contribution in [1.82, 2.24) is 0 Å². The molecule has 0 heteroatoms. The molecule has 0 unspecified atom stereocenters. The van der Waals surface area contributed by atoms with Crippen LogP contribution in [0.25, 0.3) is 0 Å². The van der Waals surface area contributed by atoms with Crippen molar-refractivity contribution in [2.45, 2.75) is 52.4 Å². The SMILES string of the molecule is CC(C)=CC[C]1CCCCC1. The molecule has 11 heavy (non-hydrogen) atoms. The Kier molecular flexibility index (Phi) is 3.68. The molecule has 0 atom stereocenters. The predicted octanol–water partition coefficient (Wildman–Crippen LogP) is 3.88. The zero-order valence-electron chi connectivity index (χ0n) is 7.82. The summed E-state index contributed by atoms with van der Waals surface area (Å²) in [5, 5.41) is 0. The zero-order valence-corrected chi connectivity index (χ0v) is 7.82. The fourth-order valence-electron chi connectivity index (χ4n) is 1.60. The Labute approximate surface area is 70.7 Å². The van der Waals surface area contributed by atoms with E-state index in [1.807, 2.05) is 0 Å². The molecule has 0 aromatic carbocycles. The third-order valence-corrected chi connectivity index (χ3v) is 2.36. The second-order valence-electron chi connectivity index (χ2n) is 3.80. The number of hydrogen-bond acceptors (Lipinski definition) is 0. The molecule has 0 amide bonds. The highest BCUT2D eigenvalue weighted by Gasteiger charge is 2.11. The van der Waals surface area contributed by atoms with E-state index in [1.54, 1.807) is 5.92 Å². The maximum absolute atomic E-state index is 2.36. The number of rotatable bonds is 2. The van der Waals surface area contributed by atoms with Gasteiger partial charge in [-0.2, -0.15) is 0 Å². The van der Waals surface area contributed by atoms with E-state index in [2.05, 4.69) is 19.9 Å². The van der Waals surface area contributed by atoms with E-state index in [-0.39, 0.29) is 0 Å². The Balaban J connectivity index is 2.19. The molecule has 0 N–H and O–H groups in total. The van der Waals surface area contributed by atoms with Crippen LogP contribution in [-0.2, 0) is 0 Å². The molecule has 0 bridgehead atoms. The van der Waals surface area contributed by atoms with Gasteiger partial charge in [-0.1, -0.05) is 30.9 Å². The van der Waals surface area contributed by atoms with Gasteiger partial charge in [0.15, 0.2) is 0 Å². The Morgan fingerprint density at radius 3 is 2.36 bits per heavy atom. The maximum Gasteiger partial charge on any atom is -0.0203 e. The van der Waals surface area contributed by atoms with Crippen LogP contribution in [-0.4, -0.2) is 0 Å². The van der Waals surface area contributed by atoms with Gasteiger partial charge in [-0.05, 0) is 39.0 Å². The summed E-state index contributed by atoms with van der Waals surface area (Å²) >= 11 is 0. The van der Waals surface area contributed by atoms with Gasteiger partial charge < -0.3 is 0 Å². The van der Waals surface area contributed by atoms with Gasteiger partial charge in [0, 0.05) is 0 Å².